The number of ether oxygens (including phenoxy) is 2. The van der Waals surface area contributed by atoms with E-state index in [-0.39, 0.29) is 17.4 Å². The van der Waals surface area contributed by atoms with E-state index in [0.717, 1.165) is 23.8 Å². The summed E-state index contributed by atoms with van der Waals surface area (Å²) in [6.07, 6.45) is 2.99. The fourth-order valence-electron chi connectivity index (χ4n) is 4.64. The topological polar surface area (TPSA) is 30.8 Å². The normalized spacial score (nSPS) is 25.6. The first-order valence-corrected chi connectivity index (χ1v) is 9.58. The van der Waals surface area contributed by atoms with Crippen molar-refractivity contribution in [2.75, 3.05) is 6.61 Å². The highest BCUT2D eigenvalue weighted by atomic mass is 16.5. The van der Waals surface area contributed by atoms with Gasteiger partial charge in [0.15, 0.2) is 5.90 Å². The Morgan fingerprint density at radius 1 is 0.963 bits per heavy atom. The summed E-state index contributed by atoms with van der Waals surface area (Å²) in [6, 6.07) is 21.6. The lowest BCUT2D eigenvalue weighted by molar-refractivity contribution is 0.131. The molecule has 2 aliphatic heterocycles. The van der Waals surface area contributed by atoms with Crippen LogP contribution in [0.2, 0.25) is 0 Å². The van der Waals surface area contributed by atoms with Gasteiger partial charge in [0.05, 0.1) is 5.41 Å². The minimum absolute atomic E-state index is 0.0784. The van der Waals surface area contributed by atoms with Crippen molar-refractivity contribution in [1.82, 2.24) is 0 Å². The van der Waals surface area contributed by atoms with Gasteiger partial charge in [0.1, 0.15) is 24.2 Å². The number of fused-ring (bicyclic) bond motifs is 1. The van der Waals surface area contributed by atoms with Crippen LogP contribution in [0.4, 0.5) is 0 Å². The average molecular weight is 357 g/mol. The summed E-state index contributed by atoms with van der Waals surface area (Å²) in [7, 11) is 0. The number of rotatable bonds is 2. The molecule has 27 heavy (non-hydrogen) atoms. The Labute approximate surface area is 160 Å². The van der Waals surface area contributed by atoms with Crippen molar-refractivity contribution >= 4 is 5.90 Å². The summed E-state index contributed by atoms with van der Waals surface area (Å²) < 4.78 is 12.2. The quantitative estimate of drug-likeness (QED) is 0.757. The van der Waals surface area contributed by atoms with Crippen LogP contribution in [0, 0.1) is 5.92 Å². The fourth-order valence-corrected chi connectivity index (χ4v) is 4.64. The molecule has 2 unspecified atom stereocenters. The average Bonchev–Trinajstić information content (AvgIpc) is 3.10. The molecule has 2 aromatic rings. The summed E-state index contributed by atoms with van der Waals surface area (Å²) in [5, 5.41) is 0. The molecule has 0 bridgehead atoms. The van der Waals surface area contributed by atoms with Crippen molar-refractivity contribution in [2.24, 2.45) is 10.9 Å². The predicted octanol–water partition coefficient (Wildman–Crippen LogP) is 5.00. The Bertz CT molecular complexity index is 917. The van der Waals surface area contributed by atoms with Crippen LogP contribution in [-0.2, 0) is 14.9 Å². The van der Waals surface area contributed by atoms with Gasteiger partial charge in [0.2, 0.25) is 0 Å². The van der Waals surface area contributed by atoms with E-state index in [1.165, 1.54) is 16.7 Å². The summed E-state index contributed by atoms with van der Waals surface area (Å²) in [5.41, 5.74) is 3.75. The number of aliphatic imine (C=N–C) groups is 1. The number of nitrogens with zero attached hydrogens (tertiary/aromatic N) is 1. The number of hydrogen-bond acceptors (Lipinski definition) is 3. The van der Waals surface area contributed by atoms with Gasteiger partial charge in [-0.3, -0.25) is 0 Å². The van der Waals surface area contributed by atoms with Crippen molar-refractivity contribution in [1.29, 1.82) is 0 Å². The third-order valence-corrected chi connectivity index (χ3v) is 6.11. The lowest BCUT2D eigenvalue weighted by atomic mass is 9.66. The first kappa shape index (κ1) is 16.4. The molecule has 1 aliphatic carbocycles. The zero-order chi connectivity index (χ0) is 18.4. The molecule has 0 aromatic heterocycles. The minimum atomic E-state index is -0.181. The summed E-state index contributed by atoms with van der Waals surface area (Å²) in [6.45, 7) is 4.79. The van der Waals surface area contributed by atoms with Crippen molar-refractivity contribution in [3.63, 3.8) is 0 Å². The molecule has 2 aromatic carbocycles. The number of benzene rings is 2. The minimum Gasteiger partial charge on any atom is -0.492 e. The molecule has 2 atom stereocenters. The van der Waals surface area contributed by atoms with Crippen LogP contribution in [0.3, 0.4) is 0 Å². The molecule has 0 saturated heterocycles. The predicted molar refractivity (Wildman–Crippen MR) is 106 cm³/mol. The van der Waals surface area contributed by atoms with Gasteiger partial charge in [-0.15, -0.1) is 0 Å². The van der Waals surface area contributed by atoms with Gasteiger partial charge in [-0.1, -0.05) is 67.6 Å². The van der Waals surface area contributed by atoms with Gasteiger partial charge >= 0.3 is 0 Å². The van der Waals surface area contributed by atoms with E-state index in [4.69, 9.17) is 14.5 Å². The maximum atomic E-state index is 6.39. The zero-order valence-corrected chi connectivity index (χ0v) is 15.7. The second-order valence-corrected chi connectivity index (χ2v) is 7.70. The highest BCUT2D eigenvalue weighted by Gasteiger charge is 2.45. The Balaban J connectivity index is 1.62. The Morgan fingerprint density at radius 3 is 2.22 bits per heavy atom. The third kappa shape index (κ3) is 2.53. The summed E-state index contributed by atoms with van der Waals surface area (Å²) in [4.78, 5) is 4.71. The number of allylic oxidation sites excluding steroid dienone is 1. The van der Waals surface area contributed by atoms with Crippen LogP contribution < -0.4 is 0 Å². The van der Waals surface area contributed by atoms with E-state index in [0.29, 0.717) is 6.61 Å². The Hall–Kier alpha value is -2.81. The van der Waals surface area contributed by atoms with Crippen LogP contribution in [0.15, 0.2) is 88.8 Å². The maximum absolute atomic E-state index is 6.39. The van der Waals surface area contributed by atoms with Crippen LogP contribution in [0.25, 0.3) is 0 Å². The van der Waals surface area contributed by atoms with E-state index >= 15 is 0 Å². The fraction of sp³-hybridized carbons (Fsp3) is 0.292. The second kappa shape index (κ2) is 6.12. The van der Waals surface area contributed by atoms with Gasteiger partial charge in [0, 0.05) is 18.9 Å². The van der Waals surface area contributed by atoms with Gasteiger partial charge in [-0.05, 0) is 23.1 Å². The van der Waals surface area contributed by atoms with Crippen LogP contribution in [-0.4, -0.2) is 18.5 Å². The Kier molecular flexibility index (Phi) is 3.71. The molecule has 0 radical (unpaired) electrons. The largest absolute Gasteiger partial charge is 0.492 e. The molecule has 0 saturated carbocycles. The van der Waals surface area contributed by atoms with Crippen LogP contribution in [0.5, 0.6) is 0 Å². The highest BCUT2D eigenvalue weighted by Crippen LogP contribution is 2.48. The molecular formula is C24H23NO2. The second-order valence-electron chi connectivity index (χ2n) is 7.70. The molecule has 3 aliphatic rings. The van der Waals surface area contributed by atoms with E-state index in [9.17, 15) is 0 Å². The molecule has 0 fully saturated rings. The molecule has 136 valence electrons. The van der Waals surface area contributed by atoms with E-state index in [2.05, 4.69) is 73.7 Å². The molecule has 0 spiro atoms. The van der Waals surface area contributed by atoms with Crippen molar-refractivity contribution < 1.29 is 9.47 Å². The Morgan fingerprint density at radius 2 is 1.59 bits per heavy atom. The lowest BCUT2D eigenvalue weighted by Gasteiger charge is -2.43. The molecule has 5 rings (SSSR count). The first-order valence-electron chi connectivity index (χ1n) is 9.58. The van der Waals surface area contributed by atoms with Gasteiger partial charge in [0.25, 0.3) is 0 Å². The molecule has 2 heterocycles. The van der Waals surface area contributed by atoms with E-state index in [1.54, 1.807) is 0 Å². The van der Waals surface area contributed by atoms with Crippen molar-refractivity contribution in [3.8, 4) is 0 Å². The SMILES string of the molecule is CC1=NC2C(=CC3=C(CC(c4ccccc4)(c4ccccc4)CO3)C2C)O1. The van der Waals surface area contributed by atoms with E-state index < -0.39 is 0 Å². The van der Waals surface area contributed by atoms with Crippen LogP contribution in [0.1, 0.15) is 31.4 Å². The van der Waals surface area contributed by atoms with Crippen molar-refractivity contribution in [3.05, 3.63) is 95.0 Å². The summed E-state index contributed by atoms with van der Waals surface area (Å²) >= 11 is 0. The van der Waals surface area contributed by atoms with Gasteiger partial charge < -0.3 is 9.47 Å². The van der Waals surface area contributed by atoms with Crippen molar-refractivity contribution in [2.45, 2.75) is 31.7 Å². The zero-order valence-electron chi connectivity index (χ0n) is 15.7. The van der Waals surface area contributed by atoms with Gasteiger partial charge in [-0.2, -0.15) is 0 Å². The highest BCUT2D eigenvalue weighted by molar-refractivity contribution is 5.77. The molecule has 0 amide bonds. The van der Waals surface area contributed by atoms with E-state index in [1.807, 2.05) is 6.92 Å². The standard InChI is InChI=1S/C24H23NO2/c1-16-20-14-24(18-9-5-3-6-10-18,19-11-7-4-8-12-19)15-26-21(20)13-22-23(16)25-17(2)27-22/h3-13,16,23H,14-15H2,1-2H3. The third-order valence-electron chi connectivity index (χ3n) is 6.11. The lowest BCUT2D eigenvalue weighted by Crippen LogP contribution is -2.40. The number of hydrogen-bond donors (Lipinski definition) is 0. The smallest absolute Gasteiger partial charge is 0.187 e. The molecule has 3 heteroatoms. The molecular weight excluding hydrogens is 334 g/mol. The molecule has 3 nitrogen and oxygen atoms in total. The van der Waals surface area contributed by atoms with Crippen LogP contribution >= 0.6 is 0 Å². The van der Waals surface area contributed by atoms with Gasteiger partial charge in [-0.25, -0.2) is 4.99 Å². The summed E-state index contributed by atoms with van der Waals surface area (Å²) in [5.74, 6) is 2.91. The maximum Gasteiger partial charge on any atom is 0.187 e. The first-order chi connectivity index (χ1) is 13.2. The monoisotopic (exact) mass is 357 g/mol. The molecule has 0 N–H and O–H groups in total.